The van der Waals surface area contributed by atoms with E-state index in [1.54, 1.807) is 17.5 Å². The Labute approximate surface area is 127 Å². The molecule has 4 nitrogen and oxygen atoms in total. The van der Waals surface area contributed by atoms with Gasteiger partial charge >= 0.3 is 0 Å². The lowest BCUT2D eigenvalue weighted by atomic mass is 10.1. The third kappa shape index (κ3) is 3.58. The summed E-state index contributed by atoms with van der Waals surface area (Å²) in [4.78, 5) is 0. The van der Waals surface area contributed by atoms with E-state index in [0.29, 0.717) is 6.54 Å². The second-order valence-corrected chi connectivity index (χ2v) is 5.60. The molecule has 1 unspecified atom stereocenters. The van der Waals surface area contributed by atoms with Gasteiger partial charge in [0.05, 0.1) is 11.8 Å². The highest BCUT2D eigenvalue weighted by Gasteiger charge is 2.07. The van der Waals surface area contributed by atoms with Gasteiger partial charge < -0.3 is 10.4 Å². The van der Waals surface area contributed by atoms with Gasteiger partial charge in [0, 0.05) is 25.5 Å². The molecule has 0 fully saturated rings. The molecule has 2 N–H and O–H groups in total. The van der Waals surface area contributed by atoms with Crippen LogP contribution in [0.4, 0.5) is 0 Å². The molecule has 108 valence electrons. The molecule has 0 saturated carbocycles. The second-order valence-electron chi connectivity index (χ2n) is 4.82. The van der Waals surface area contributed by atoms with E-state index in [1.807, 2.05) is 45.9 Å². The number of nitrogens with one attached hydrogen (secondary N) is 1. The minimum atomic E-state index is -0.453. The van der Waals surface area contributed by atoms with Crippen molar-refractivity contribution in [3.05, 3.63) is 70.7 Å². The van der Waals surface area contributed by atoms with Gasteiger partial charge in [-0.25, -0.2) is 4.68 Å². The highest BCUT2D eigenvalue weighted by Crippen LogP contribution is 2.15. The number of benzene rings is 1. The van der Waals surface area contributed by atoms with Crippen molar-refractivity contribution in [3.63, 3.8) is 0 Å². The van der Waals surface area contributed by atoms with Crippen molar-refractivity contribution in [1.82, 2.24) is 15.1 Å². The van der Waals surface area contributed by atoms with Crippen molar-refractivity contribution in [3.8, 4) is 5.69 Å². The van der Waals surface area contributed by atoms with Crippen LogP contribution >= 0.6 is 11.3 Å². The topological polar surface area (TPSA) is 50.1 Å². The molecule has 0 saturated heterocycles. The Hall–Kier alpha value is -1.95. The number of aliphatic hydroxyl groups excluding tert-OH is 1. The normalized spacial score (nSPS) is 12.4. The first-order chi connectivity index (χ1) is 10.3. The van der Waals surface area contributed by atoms with Gasteiger partial charge in [-0.15, -0.1) is 0 Å². The summed E-state index contributed by atoms with van der Waals surface area (Å²) in [6.45, 7) is 1.26. The molecular weight excluding hydrogens is 282 g/mol. The predicted molar refractivity (Wildman–Crippen MR) is 84.5 cm³/mol. The van der Waals surface area contributed by atoms with Crippen LogP contribution in [0.3, 0.4) is 0 Å². The second kappa shape index (κ2) is 6.67. The maximum Gasteiger partial charge on any atom is 0.0922 e. The fraction of sp³-hybridized carbons (Fsp3) is 0.188. The summed E-state index contributed by atoms with van der Waals surface area (Å²) in [6, 6.07) is 12.1. The van der Waals surface area contributed by atoms with E-state index in [1.165, 1.54) is 5.56 Å². The molecule has 1 atom stereocenters. The minimum Gasteiger partial charge on any atom is -0.387 e. The molecule has 0 bridgehead atoms. The third-order valence-corrected chi connectivity index (χ3v) is 3.98. The van der Waals surface area contributed by atoms with Crippen LogP contribution in [-0.4, -0.2) is 21.4 Å². The SMILES string of the molecule is OC(CNCc1cccc(-n2cccn2)c1)c1ccsc1. The average Bonchev–Trinajstić information content (AvgIpc) is 3.21. The summed E-state index contributed by atoms with van der Waals surface area (Å²) in [7, 11) is 0. The first kappa shape index (κ1) is 14.0. The monoisotopic (exact) mass is 299 g/mol. The molecule has 0 aliphatic heterocycles. The summed E-state index contributed by atoms with van der Waals surface area (Å²) < 4.78 is 1.84. The Morgan fingerprint density at radius 3 is 3.00 bits per heavy atom. The van der Waals surface area contributed by atoms with Crippen molar-refractivity contribution in [2.24, 2.45) is 0 Å². The molecule has 0 aliphatic rings. The smallest absolute Gasteiger partial charge is 0.0922 e. The zero-order valence-electron chi connectivity index (χ0n) is 11.5. The van der Waals surface area contributed by atoms with Crippen molar-refractivity contribution in [2.45, 2.75) is 12.6 Å². The average molecular weight is 299 g/mol. The molecule has 3 aromatic rings. The van der Waals surface area contributed by atoms with Crippen LogP contribution in [0.2, 0.25) is 0 Å². The largest absolute Gasteiger partial charge is 0.387 e. The molecular formula is C16H17N3OS. The van der Waals surface area contributed by atoms with Crippen molar-refractivity contribution < 1.29 is 5.11 Å². The minimum absolute atomic E-state index is 0.453. The molecule has 0 radical (unpaired) electrons. The van der Waals surface area contributed by atoms with E-state index in [-0.39, 0.29) is 0 Å². The third-order valence-electron chi connectivity index (χ3n) is 3.27. The summed E-state index contributed by atoms with van der Waals surface area (Å²) in [5.41, 5.74) is 3.18. The lowest BCUT2D eigenvalue weighted by Crippen LogP contribution is -2.20. The first-order valence-electron chi connectivity index (χ1n) is 6.83. The molecule has 2 heterocycles. The van der Waals surface area contributed by atoms with Crippen LogP contribution in [0.15, 0.2) is 59.6 Å². The van der Waals surface area contributed by atoms with E-state index in [4.69, 9.17) is 0 Å². The lowest BCUT2D eigenvalue weighted by Gasteiger charge is -2.11. The van der Waals surface area contributed by atoms with Crippen LogP contribution in [0.25, 0.3) is 5.69 Å². The Morgan fingerprint density at radius 1 is 1.29 bits per heavy atom. The Morgan fingerprint density at radius 2 is 2.24 bits per heavy atom. The van der Waals surface area contributed by atoms with E-state index < -0.39 is 6.10 Å². The Kier molecular flexibility index (Phi) is 4.45. The van der Waals surface area contributed by atoms with Crippen LogP contribution < -0.4 is 5.32 Å². The fourth-order valence-electron chi connectivity index (χ4n) is 2.17. The molecule has 1 aromatic carbocycles. The summed E-state index contributed by atoms with van der Waals surface area (Å²) in [5, 5.41) is 21.5. The van der Waals surface area contributed by atoms with Gasteiger partial charge in [-0.1, -0.05) is 12.1 Å². The van der Waals surface area contributed by atoms with Gasteiger partial charge in [0.2, 0.25) is 0 Å². The number of thiophene rings is 1. The maximum atomic E-state index is 10.0. The zero-order chi connectivity index (χ0) is 14.5. The highest BCUT2D eigenvalue weighted by molar-refractivity contribution is 7.07. The summed E-state index contributed by atoms with van der Waals surface area (Å²) in [6.07, 6.45) is 3.24. The molecule has 21 heavy (non-hydrogen) atoms. The molecule has 2 aromatic heterocycles. The number of rotatable bonds is 6. The molecule has 5 heteroatoms. The van der Waals surface area contributed by atoms with Crippen molar-refractivity contribution in [2.75, 3.05) is 6.54 Å². The number of hydrogen-bond donors (Lipinski definition) is 2. The number of aliphatic hydroxyl groups is 1. The Bertz CT molecular complexity index is 665. The van der Waals surface area contributed by atoms with E-state index >= 15 is 0 Å². The molecule has 0 spiro atoms. The van der Waals surface area contributed by atoms with Crippen molar-refractivity contribution in [1.29, 1.82) is 0 Å². The number of nitrogens with zero attached hydrogens (tertiary/aromatic N) is 2. The number of aromatic nitrogens is 2. The van der Waals surface area contributed by atoms with Gasteiger partial charge in [-0.2, -0.15) is 16.4 Å². The first-order valence-corrected chi connectivity index (χ1v) is 7.77. The summed E-state index contributed by atoms with van der Waals surface area (Å²) in [5.74, 6) is 0. The van der Waals surface area contributed by atoms with Crippen LogP contribution in [-0.2, 0) is 6.54 Å². The Balaban J connectivity index is 1.57. The van der Waals surface area contributed by atoms with Gasteiger partial charge in [-0.3, -0.25) is 0 Å². The maximum absolute atomic E-state index is 10.0. The predicted octanol–water partition coefficient (Wildman–Crippen LogP) is 2.76. The standard InChI is InChI=1S/C16H17N3OS/c20-16(14-5-8-21-12-14)11-17-10-13-3-1-4-15(9-13)19-7-2-6-18-19/h1-9,12,16-17,20H,10-11H2. The van der Waals surface area contributed by atoms with Crippen LogP contribution in [0.5, 0.6) is 0 Å². The van der Waals surface area contributed by atoms with Crippen LogP contribution in [0.1, 0.15) is 17.2 Å². The summed E-state index contributed by atoms with van der Waals surface area (Å²) >= 11 is 1.60. The lowest BCUT2D eigenvalue weighted by molar-refractivity contribution is 0.175. The molecule has 0 aliphatic carbocycles. The van der Waals surface area contributed by atoms with E-state index in [0.717, 1.165) is 17.8 Å². The number of hydrogen-bond acceptors (Lipinski definition) is 4. The van der Waals surface area contributed by atoms with Gasteiger partial charge in [-0.05, 0) is 46.2 Å². The van der Waals surface area contributed by atoms with E-state index in [2.05, 4.69) is 22.5 Å². The fourth-order valence-corrected chi connectivity index (χ4v) is 2.87. The van der Waals surface area contributed by atoms with E-state index in [9.17, 15) is 5.11 Å². The van der Waals surface area contributed by atoms with Gasteiger partial charge in [0.15, 0.2) is 0 Å². The zero-order valence-corrected chi connectivity index (χ0v) is 12.3. The van der Waals surface area contributed by atoms with Gasteiger partial charge in [0.1, 0.15) is 0 Å². The van der Waals surface area contributed by atoms with Crippen LogP contribution in [0, 0.1) is 0 Å². The quantitative estimate of drug-likeness (QED) is 0.736. The molecule has 3 rings (SSSR count). The molecule has 0 amide bonds. The van der Waals surface area contributed by atoms with Crippen molar-refractivity contribution >= 4 is 11.3 Å². The van der Waals surface area contributed by atoms with Gasteiger partial charge in [0.25, 0.3) is 0 Å². The highest BCUT2D eigenvalue weighted by atomic mass is 32.1.